The van der Waals surface area contributed by atoms with Crippen LogP contribution in [0, 0.1) is 10.1 Å². The molecule has 1 saturated heterocycles. The lowest BCUT2D eigenvalue weighted by atomic mass is 10.2. The Morgan fingerprint density at radius 1 is 1.03 bits per heavy atom. The van der Waals surface area contributed by atoms with Crippen LogP contribution in [0.25, 0.3) is 11.8 Å². The molecular weight excluding hydrogens is 461 g/mol. The Balaban J connectivity index is 1.64. The van der Waals surface area contributed by atoms with Gasteiger partial charge < -0.3 is 4.57 Å². The normalized spacial score (nSPS) is 15.2. The fraction of sp³-hybridized carbons (Fsp3) is 0.0476. The first-order valence-electron chi connectivity index (χ1n) is 8.95. The molecule has 0 spiro atoms. The fourth-order valence-corrected chi connectivity index (χ4v) is 4.46. The summed E-state index contributed by atoms with van der Waals surface area (Å²) in [6, 6.07) is 14.6. The second kappa shape index (κ2) is 8.58. The van der Waals surface area contributed by atoms with Gasteiger partial charge in [-0.25, -0.2) is 0 Å². The predicted octanol–water partition coefficient (Wildman–Crippen LogP) is 5.93. The number of nitro benzene ring substituents is 1. The predicted molar refractivity (Wildman–Crippen MR) is 120 cm³/mol. The number of hydrogen-bond donors (Lipinski definition) is 0. The minimum atomic E-state index is -0.474. The highest BCUT2D eigenvalue weighted by atomic mass is 35.5. The van der Waals surface area contributed by atoms with E-state index in [1.165, 1.54) is 12.1 Å². The molecule has 7 nitrogen and oxygen atoms in total. The van der Waals surface area contributed by atoms with Crippen molar-refractivity contribution in [1.29, 1.82) is 0 Å². The minimum absolute atomic E-state index is 0.0353. The van der Waals surface area contributed by atoms with Crippen LogP contribution in [0.3, 0.4) is 0 Å². The first-order chi connectivity index (χ1) is 14.8. The molecule has 1 aromatic heterocycles. The second-order valence-corrected chi connectivity index (χ2v) is 8.36. The van der Waals surface area contributed by atoms with Crippen LogP contribution in [0.2, 0.25) is 10.0 Å². The second-order valence-electron chi connectivity index (χ2n) is 6.55. The molecule has 0 saturated carbocycles. The molecule has 2 aromatic carbocycles. The Bertz CT molecular complexity index is 1230. The summed E-state index contributed by atoms with van der Waals surface area (Å²) in [7, 11) is 0. The first-order valence-corrected chi connectivity index (χ1v) is 10.5. The molecule has 0 bridgehead atoms. The summed E-state index contributed by atoms with van der Waals surface area (Å²) in [4.78, 5) is 37.3. The molecule has 2 heterocycles. The van der Waals surface area contributed by atoms with Gasteiger partial charge in [-0.2, -0.15) is 0 Å². The molecule has 1 aliphatic rings. The number of nitrogens with zero attached hydrogens (tertiary/aromatic N) is 3. The Kier molecular flexibility index (Phi) is 5.86. The number of carbonyl (C=O) groups is 2. The van der Waals surface area contributed by atoms with E-state index in [1.54, 1.807) is 59.3 Å². The highest BCUT2D eigenvalue weighted by molar-refractivity contribution is 8.18. The van der Waals surface area contributed by atoms with E-state index in [0.29, 0.717) is 27.0 Å². The van der Waals surface area contributed by atoms with Gasteiger partial charge in [-0.1, -0.05) is 35.3 Å². The molecule has 1 aliphatic heterocycles. The van der Waals surface area contributed by atoms with Gasteiger partial charge in [0.1, 0.15) is 0 Å². The quantitative estimate of drug-likeness (QED) is 0.260. The molecule has 10 heteroatoms. The summed E-state index contributed by atoms with van der Waals surface area (Å²) in [5, 5.41) is 11.4. The zero-order valence-corrected chi connectivity index (χ0v) is 18.0. The average molecular weight is 474 g/mol. The van der Waals surface area contributed by atoms with Gasteiger partial charge in [0, 0.05) is 39.6 Å². The molecule has 4 rings (SSSR count). The summed E-state index contributed by atoms with van der Waals surface area (Å²) in [5.41, 5.74) is 1.61. The van der Waals surface area contributed by atoms with Crippen LogP contribution in [0.15, 0.2) is 65.7 Å². The summed E-state index contributed by atoms with van der Waals surface area (Å²) in [6.45, 7) is -0.0353. The van der Waals surface area contributed by atoms with Crippen molar-refractivity contribution in [2.24, 2.45) is 0 Å². The summed E-state index contributed by atoms with van der Waals surface area (Å²) >= 11 is 13.2. The highest BCUT2D eigenvalue weighted by Gasteiger charge is 2.36. The Morgan fingerprint density at radius 3 is 2.45 bits per heavy atom. The lowest BCUT2D eigenvalue weighted by molar-refractivity contribution is -0.384. The fourth-order valence-electron chi connectivity index (χ4n) is 3.12. The topological polar surface area (TPSA) is 85.5 Å². The number of imide groups is 1. The van der Waals surface area contributed by atoms with Gasteiger partial charge in [-0.05, 0) is 48.2 Å². The van der Waals surface area contributed by atoms with Crippen molar-refractivity contribution in [3.05, 3.63) is 97.1 Å². The zero-order chi connectivity index (χ0) is 22.1. The van der Waals surface area contributed by atoms with Crippen molar-refractivity contribution < 1.29 is 14.5 Å². The lowest BCUT2D eigenvalue weighted by Gasteiger charge is -2.14. The summed E-state index contributed by atoms with van der Waals surface area (Å²) < 4.78 is 1.70. The molecule has 0 aliphatic carbocycles. The van der Waals surface area contributed by atoms with Crippen LogP contribution in [0.5, 0.6) is 0 Å². The van der Waals surface area contributed by atoms with Gasteiger partial charge in [0.15, 0.2) is 0 Å². The molecule has 0 N–H and O–H groups in total. The smallest absolute Gasteiger partial charge is 0.293 e. The van der Waals surface area contributed by atoms with E-state index >= 15 is 0 Å². The maximum atomic E-state index is 12.9. The van der Waals surface area contributed by atoms with Gasteiger partial charge >= 0.3 is 0 Å². The number of carbonyl (C=O) groups excluding carboxylic acids is 2. The minimum Gasteiger partial charge on any atom is -0.317 e. The molecule has 3 aromatic rings. The van der Waals surface area contributed by atoms with Crippen LogP contribution in [0.1, 0.15) is 11.3 Å². The molecule has 0 unspecified atom stereocenters. The van der Waals surface area contributed by atoms with Crippen LogP contribution in [-0.2, 0) is 11.3 Å². The van der Waals surface area contributed by atoms with E-state index in [-0.39, 0.29) is 17.1 Å². The van der Waals surface area contributed by atoms with Crippen LogP contribution in [0.4, 0.5) is 10.5 Å². The van der Waals surface area contributed by atoms with Gasteiger partial charge in [-0.15, -0.1) is 0 Å². The number of nitro groups is 1. The number of thioether (sulfide) groups is 1. The van der Waals surface area contributed by atoms with Gasteiger partial charge in [0.25, 0.3) is 16.8 Å². The van der Waals surface area contributed by atoms with Gasteiger partial charge in [0.05, 0.1) is 22.1 Å². The number of non-ortho nitro benzene ring substituents is 1. The number of amides is 2. The third kappa shape index (κ3) is 4.23. The van der Waals surface area contributed by atoms with Gasteiger partial charge in [-0.3, -0.25) is 24.6 Å². The Hall–Kier alpha value is -3.07. The highest BCUT2D eigenvalue weighted by Crippen LogP contribution is 2.36. The van der Waals surface area contributed by atoms with Crippen molar-refractivity contribution in [2.75, 3.05) is 0 Å². The van der Waals surface area contributed by atoms with E-state index in [4.69, 9.17) is 23.2 Å². The van der Waals surface area contributed by atoms with E-state index in [2.05, 4.69) is 0 Å². The number of aromatic nitrogens is 1. The number of rotatable bonds is 5. The molecule has 0 radical (unpaired) electrons. The van der Waals surface area contributed by atoms with Gasteiger partial charge in [0.2, 0.25) is 0 Å². The maximum Gasteiger partial charge on any atom is 0.293 e. The summed E-state index contributed by atoms with van der Waals surface area (Å²) in [6.07, 6.45) is 3.30. The molecule has 31 heavy (non-hydrogen) atoms. The van der Waals surface area contributed by atoms with E-state index in [1.807, 2.05) is 0 Å². The Labute approximate surface area is 191 Å². The largest absolute Gasteiger partial charge is 0.317 e. The van der Waals surface area contributed by atoms with E-state index in [9.17, 15) is 19.7 Å². The van der Waals surface area contributed by atoms with Crippen LogP contribution >= 0.6 is 35.0 Å². The summed E-state index contributed by atoms with van der Waals surface area (Å²) in [5.74, 6) is -0.460. The number of hydrogen-bond acceptors (Lipinski definition) is 5. The lowest BCUT2D eigenvalue weighted by Crippen LogP contribution is -2.27. The Morgan fingerprint density at radius 2 is 1.74 bits per heavy atom. The molecule has 1 fully saturated rings. The van der Waals surface area contributed by atoms with Crippen molar-refractivity contribution >= 4 is 57.9 Å². The zero-order valence-electron chi connectivity index (χ0n) is 15.7. The SMILES string of the molecule is O=C1S/C(=C\c2cccn2-c2cccc([N+](=O)[O-])c2)C(=O)N1Cc1c(Cl)cccc1Cl. The van der Waals surface area contributed by atoms with Crippen molar-refractivity contribution in [1.82, 2.24) is 9.47 Å². The third-order valence-corrected chi connectivity index (χ3v) is 6.25. The van der Waals surface area contributed by atoms with E-state index < -0.39 is 16.1 Å². The van der Waals surface area contributed by atoms with Crippen LogP contribution in [-0.4, -0.2) is 25.5 Å². The van der Waals surface area contributed by atoms with Crippen molar-refractivity contribution in [2.45, 2.75) is 6.54 Å². The van der Waals surface area contributed by atoms with Crippen molar-refractivity contribution in [3.63, 3.8) is 0 Å². The maximum absolute atomic E-state index is 12.9. The van der Waals surface area contributed by atoms with Crippen molar-refractivity contribution in [3.8, 4) is 5.69 Å². The molecule has 156 valence electrons. The number of benzene rings is 2. The average Bonchev–Trinajstić information content (AvgIpc) is 3.30. The number of halogens is 2. The molecular formula is C21H13Cl2N3O4S. The third-order valence-electron chi connectivity index (χ3n) is 4.63. The first kappa shape index (κ1) is 21.2. The molecule has 2 amide bonds. The standard InChI is InChI=1S/C21H13Cl2N3O4S/c22-17-7-2-8-18(23)16(17)12-25-20(27)19(31-21(25)28)11-14-6-3-9-24(14)13-4-1-5-15(10-13)26(29)30/h1-11H,12H2/b19-11-. The monoisotopic (exact) mass is 473 g/mol. The van der Waals surface area contributed by atoms with Crippen LogP contribution < -0.4 is 0 Å². The van der Waals surface area contributed by atoms with E-state index in [0.717, 1.165) is 16.7 Å². The molecule has 0 atom stereocenters.